The highest BCUT2D eigenvalue weighted by molar-refractivity contribution is 5.61. The molecule has 4 heteroatoms. The zero-order valence-electron chi connectivity index (χ0n) is 12.2. The first-order chi connectivity index (χ1) is 10.2. The summed E-state index contributed by atoms with van der Waals surface area (Å²) < 4.78 is 10.6. The number of nitrogens with one attached hydrogen (secondary N) is 1. The highest BCUT2D eigenvalue weighted by atomic mass is 16.5. The van der Waals surface area contributed by atoms with Crippen LogP contribution >= 0.6 is 0 Å². The number of fused-ring (bicyclic) bond motifs is 1. The molecule has 0 radical (unpaired) electrons. The van der Waals surface area contributed by atoms with E-state index < -0.39 is 0 Å². The van der Waals surface area contributed by atoms with E-state index in [9.17, 15) is 5.11 Å². The van der Waals surface area contributed by atoms with Crippen LogP contribution < -0.4 is 14.8 Å². The molecule has 0 aromatic heterocycles. The first kappa shape index (κ1) is 13.6. The molecule has 2 N–H and O–H groups in total. The molecule has 0 spiro atoms. The summed E-state index contributed by atoms with van der Waals surface area (Å²) in [6.07, 6.45) is 1.85. The lowest BCUT2D eigenvalue weighted by atomic mass is 10.1. The van der Waals surface area contributed by atoms with E-state index in [1.165, 1.54) is 0 Å². The van der Waals surface area contributed by atoms with E-state index in [0.29, 0.717) is 5.75 Å². The van der Waals surface area contributed by atoms with Gasteiger partial charge in [-0.1, -0.05) is 12.1 Å². The Balaban J connectivity index is 1.88. The van der Waals surface area contributed by atoms with Crippen LogP contribution in [0.3, 0.4) is 0 Å². The van der Waals surface area contributed by atoms with Gasteiger partial charge in [0, 0.05) is 6.07 Å². The van der Waals surface area contributed by atoms with E-state index in [1.807, 2.05) is 24.3 Å². The van der Waals surface area contributed by atoms with Crippen LogP contribution in [0, 0.1) is 0 Å². The van der Waals surface area contributed by atoms with Gasteiger partial charge in [0.15, 0.2) is 0 Å². The van der Waals surface area contributed by atoms with Crippen LogP contribution in [0.5, 0.6) is 17.2 Å². The third-order valence-electron chi connectivity index (χ3n) is 3.98. The van der Waals surface area contributed by atoms with Gasteiger partial charge in [-0.2, -0.15) is 0 Å². The largest absolute Gasteiger partial charge is 0.508 e. The van der Waals surface area contributed by atoms with Crippen LogP contribution in [-0.4, -0.2) is 19.3 Å². The van der Waals surface area contributed by atoms with Gasteiger partial charge in [0.1, 0.15) is 17.2 Å². The fourth-order valence-electron chi connectivity index (χ4n) is 2.89. The molecular weight excluding hydrogens is 266 g/mol. The van der Waals surface area contributed by atoms with E-state index >= 15 is 0 Å². The minimum absolute atomic E-state index is 0.189. The molecule has 110 valence electrons. The first-order valence-electron chi connectivity index (χ1n) is 7.02. The van der Waals surface area contributed by atoms with Gasteiger partial charge in [0.05, 0.1) is 25.9 Å². The van der Waals surface area contributed by atoms with Gasteiger partial charge in [-0.25, -0.2) is 0 Å². The number of benzene rings is 2. The van der Waals surface area contributed by atoms with Gasteiger partial charge in [0.2, 0.25) is 0 Å². The molecule has 0 aliphatic heterocycles. The van der Waals surface area contributed by atoms with Crippen molar-refractivity contribution in [1.82, 2.24) is 0 Å². The van der Waals surface area contributed by atoms with Crippen LogP contribution in [-0.2, 0) is 6.42 Å². The lowest BCUT2D eigenvalue weighted by Crippen LogP contribution is -2.08. The molecule has 0 amide bonds. The van der Waals surface area contributed by atoms with E-state index in [2.05, 4.69) is 11.4 Å². The Morgan fingerprint density at radius 2 is 2.00 bits per heavy atom. The fourth-order valence-corrected chi connectivity index (χ4v) is 2.89. The van der Waals surface area contributed by atoms with Crippen LogP contribution in [0.15, 0.2) is 36.4 Å². The van der Waals surface area contributed by atoms with Crippen molar-refractivity contribution >= 4 is 5.69 Å². The number of ether oxygens (including phenoxy) is 2. The monoisotopic (exact) mass is 285 g/mol. The predicted octanol–water partition coefficient (Wildman–Crippen LogP) is 3.51. The van der Waals surface area contributed by atoms with Crippen LogP contribution in [0.4, 0.5) is 5.69 Å². The summed E-state index contributed by atoms with van der Waals surface area (Å²) in [5, 5.41) is 13.4. The maximum absolute atomic E-state index is 9.92. The summed E-state index contributed by atoms with van der Waals surface area (Å²) in [6.45, 7) is 0. The average molecular weight is 285 g/mol. The lowest BCUT2D eigenvalue weighted by molar-refractivity contribution is 0.395. The van der Waals surface area contributed by atoms with Crippen molar-refractivity contribution in [3.05, 3.63) is 47.5 Å². The zero-order chi connectivity index (χ0) is 14.8. The molecule has 0 bridgehead atoms. The summed E-state index contributed by atoms with van der Waals surface area (Å²) in [7, 11) is 3.28. The Bertz CT molecular complexity index is 654. The molecule has 1 aliphatic carbocycles. The molecule has 0 saturated heterocycles. The predicted molar refractivity (Wildman–Crippen MR) is 82.3 cm³/mol. The van der Waals surface area contributed by atoms with E-state index in [4.69, 9.17) is 9.47 Å². The molecule has 1 unspecified atom stereocenters. The highest BCUT2D eigenvalue weighted by Crippen LogP contribution is 2.40. The lowest BCUT2D eigenvalue weighted by Gasteiger charge is -2.18. The van der Waals surface area contributed by atoms with Crippen molar-refractivity contribution in [2.24, 2.45) is 0 Å². The van der Waals surface area contributed by atoms with E-state index in [0.717, 1.165) is 41.2 Å². The highest BCUT2D eigenvalue weighted by Gasteiger charge is 2.25. The minimum Gasteiger partial charge on any atom is -0.508 e. The Labute approximate surface area is 124 Å². The molecular formula is C17H19NO3. The summed E-state index contributed by atoms with van der Waals surface area (Å²) >= 11 is 0. The molecule has 3 rings (SSSR count). The van der Waals surface area contributed by atoms with Crippen molar-refractivity contribution in [3.8, 4) is 17.2 Å². The fraction of sp³-hybridized carbons (Fsp3) is 0.294. The smallest absolute Gasteiger partial charge is 0.145 e. The standard InChI is InChI=1S/C17H19NO3/c1-20-11-6-8-15(17(10-11)21-2)18-14-9-7-13-12(14)4-3-5-16(13)19/h3-6,8,10,14,18-19H,7,9H2,1-2H3. The molecule has 4 nitrogen and oxygen atoms in total. The number of rotatable bonds is 4. The van der Waals surface area contributed by atoms with Crippen LogP contribution in [0.25, 0.3) is 0 Å². The third-order valence-corrected chi connectivity index (χ3v) is 3.98. The van der Waals surface area contributed by atoms with Gasteiger partial charge in [-0.3, -0.25) is 0 Å². The topological polar surface area (TPSA) is 50.7 Å². The maximum atomic E-state index is 9.92. The van der Waals surface area contributed by atoms with Crippen molar-refractivity contribution in [2.45, 2.75) is 18.9 Å². The zero-order valence-corrected chi connectivity index (χ0v) is 12.2. The third kappa shape index (κ3) is 2.49. The number of methoxy groups -OCH3 is 2. The Kier molecular flexibility index (Phi) is 3.60. The Morgan fingerprint density at radius 3 is 2.76 bits per heavy atom. The van der Waals surface area contributed by atoms with Crippen molar-refractivity contribution < 1.29 is 14.6 Å². The first-order valence-corrected chi connectivity index (χ1v) is 7.02. The number of hydrogen-bond donors (Lipinski definition) is 2. The average Bonchev–Trinajstić information content (AvgIpc) is 2.92. The number of anilines is 1. The number of phenolic OH excluding ortho intramolecular Hbond substituents is 1. The maximum Gasteiger partial charge on any atom is 0.145 e. The molecule has 0 fully saturated rings. The summed E-state index contributed by atoms with van der Waals surface area (Å²) in [5.41, 5.74) is 3.13. The van der Waals surface area contributed by atoms with E-state index in [1.54, 1.807) is 20.3 Å². The number of hydrogen-bond acceptors (Lipinski definition) is 4. The second-order valence-corrected chi connectivity index (χ2v) is 5.15. The molecule has 2 aromatic carbocycles. The summed E-state index contributed by atoms with van der Waals surface area (Å²) in [6, 6.07) is 11.6. The van der Waals surface area contributed by atoms with Crippen LogP contribution in [0.2, 0.25) is 0 Å². The van der Waals surface area contributed by atoms with E-state index in [-0.39, 0.29) is 6.04 Å². The molecule has 1 atom stereocenters. The van der Waals surface area contributed by atoms with Crippen molar-refractivity contribution in [2.75, 3.05) is 19.5 Å². The number of phenols is 1. The van der Waals surface area contributed by atoms with Gasteiger partial charge in [-0.05, 0) is 42.2 Å². The second-order valence-electron chi connectivity index (χ2n) is 5.15. The van der Waals surface area contributed by atoms with Gasteiger partial charge in [0.25, 0.3) is 0 Å². The van der Waals surface area contributed by atoms with Crippen LogP contribution in [0.1, 0.15) is 23.6 Å². The quantitative estimate of drug-likeness (QED) is 0.902. The molecule has 0 saturated carbocycles. The van der Waals surface area contributed by atoms with Crippen molar-refractivity contribution in [3.63, 3.8) is 0 Å². The molecule has 1 aliphatic rings. The Hall–Kier alpha value is -2.36. The van der Waals surface area contributed by atoms with Gasteiger partial charge in [-0.15, -0.1) is 0 Å². The minimum atomic E-state index is 0.189. The molecule has 0 heterocycles. The number of aromatic hydroxyl groups is 1. The molecule has 2 aromatic rings. The van der Waals surface area contributed by atoms with Gasteiger partial charge < -0.3 is 19.9 Å². The van der Waals surface area contributed by atoms with Gasteiger partial charge >= 0.3 is 0 Å². The summed E-state index contributed by atoms with van der Waals surface area (Å²) in [4.78, 5) is 0. The Morgan fingerprint density at radius 1 is 1.14 bits per heavy atom. The normalized spacial score (nSPS) is 16.4. The van der Waals surface area contributed by atoms with Crippen molar-refractivity contribution in [1.29, 1.82) is 0 Å². The molecule has 21 heavy (non-hydrogen) atoms. The summed E-state index contributed by atoms with van der Waals surface area (Å²) in [5.74, 6) is 1.91. The SMILES string of the molecule is COc1ccc(NC2CCc3c(O)cccc32)c(OC)c1. The second kappa shape index (κ2) is 5.56.